The lowest BCUT2D eigenvalue weighted by atomic mass is 10.2. The van der Waals surface area contributed by atoms with Crippen LogP contribution in [0.4, 0.5) is 0 Å². The zero-order valence-corrected chi connectivity index (χ0v) is 7.77. The molecule has 0 atom stereocenters. The van der Waals surface area contributed by atoms with E-state index < -0.39 is 0 Å². The Kier molecular flexibility index (Phi) is 2.63. The van der Waals surface area contributed by atoms with Crippen molar-refractivity contribution in [1.29, 1.82) is 0 Å². The van der Waals surface area contributed by atoms with Crippen LogP contribution in [-0.2, 0) is 11.2 Å². The van der Waals surface area contributed by atoms with Crippen molar-refractivity contribution < 1.29 is 4.79 Å². The maximum absolute atomic E-state index is 10.7. The highest BCUT2D eigenvalue weighted by molar-refractivity contribution is 5.75. The van der Waals surface area contributed by atoms with Crippen LogP contribution in [0.2, 0.25) is 0 Å². The van der Waals surface area contributed by atoms with E-state index in [9.17, 15) is 4.79 Å². The first-order valence-corrected chi connectivity index (χ1v) is 4.11. The van der Waals surface area contributed by atoms with E-state index in [2.05, 4.69) is 9.97 Å². The second-order valence-electron chi connectivity index (χ2n) is 3.10. The molecule has 0 amide bonds. The summed E-state index contributed by atoms with van der Waals surface area (Å²) in [6.07, 6.45) is 1.30. The molecule has 0 aliphatic carbocycles. The van der Waals surface area contributed by atoms with Gasteiger partial charge in [-0.1, -0.05) is 0 Å². The molecular weight excluding hydrogens is 152 g/mol. The lowest BCUT2D eigenvalue weighted by molar-refractivity contribution is -0.117. The quantitative estimate of drug-likeness (QED) is 0.740. The number of Topliss-reactive ketones (excluding diaryl/α,β-unsaturated/α-hetero) is 1. The molecule has 3 nitrogen and oxygen atoms in total. The number of hydrogen-bond acceptors (Lipinski definition) is 2. The smallest absolute Gasteiger partial charge is 0.130 e. The maximum Gasteiger partial charge on any atom is 0.130 e. The molecule has 0 unspecified atom stereocenters. The van der Waals surface area contributed by atoms with Crippen molar-refractivity contribution >= 4 is 5.78 Å². The number of imidazole rings is 1. The number of H-pyrrole nitrogens is 1. The van der Waals surface area contributed by atoms with Gasteiger partial charge in [-0.3, -0.25) is 0 Å². The molecule has 0 fully saturated rings. The average Bonchev–Trinajstić information content (AvgIpc) is 2.28. The number of hydrogen-bond donors (Lipinski definition) is 1. The van der Waals surface area contributed by atoms with Gasteiger partial charge >= 0.3 is 0 Å². The van der Waals surface area contributed by atoms with Crippen molar-refractivity contribution in [3.63, 3.8) is 0 Å². The second-order valence-corrected chi connectivity index (χ2v) is 3.10. The lowest BCUT2D eigenvalue weighted by Gasteiger charge is -1.91. The minimum absolute atomic E-state index is 0.210. The predicted octanol–water partition coefficient (Wildman–Crippen LogP) is 1.55. The van der Waals surface area contributed by atoms with E-state index in [-0.39, 0.29) is 5.78 Å². The third-order valence-corrected chi connectivity index (χ3v) is 1.89. The molecule has 0 bridgehead atoms. The van der Waals surface area contributed by atoms with Crippen molar-refractivity contribution in [2.24, 2.45) is 0 Å². The Morgan fingerprint density at radius 1 is 1.50 bits per heavy atom. The molecule has 0 saturated carbocycles. The highest BCUT2D eigenvalue weighted by atomic mass is 16.1. The molecule has 1 aromatic rings. The van der Waals surface area contributed by atoms with Gasteiger partial charge in [-0.05, 0) is 20.8 Å². The fourth-order valence-corrected chi connectivity index (χ4v) is 1.03. The van der Waals surface area contributed by atoms with Gasteiger partial charge in [0.1, 0.15) is 11.6 Å². The van der Waals surface area contributed by atoms with Crippen LogP contribution in [0.3, 0.4) is 0 Å². The Morgan fingerprint density at radius 3 is 2.58 bits per heavy atom. The number of nitrogens with zero attached hydrogens (tertiary/aromatic N) is 1. The molecule has 0 aromatic carbocycles. The maximum atomic E-state index is 10.7. The molecule has 0 aliphatic rings. The van der Waals surface area contributed by atoms with Gasteiger partial charge in [0.2, 0.25) is 0 Å². The monoisotopic (exact) mass is 166 g/mol. The summed E-state index contributed by atoms with van der Waals surface area (Å²) in [6.45, 7) is 5.55. The number of aromatic amines is 1. The average molecular weight is 166 g/mol. The summed E-state index contributed by atoms with van der Waals surface area (Å²) in [5.41, 5.74) is 2.11. The molecule has 1 rings (SSSR count). The van der Waals surface area contributed by atoms with Crippen LogP contribution in [0, 0.1) is 13.8 Å². The Balaban J connectivity index is 2.58. The number of aromatic nitrogens is 2. The van der Waals surface area contributed by atoms with Gasteiger partial charge in [0.15, 0.2) is 0 Å². The Hall–Kier alpha value is -1.12. The van der Waals surface area contributed by atoms with Gasteiger partial charge in [-0.25, -0.2) is 4.98 Å². The normalized spacial score (nSPS) is 10.2. The number of ketones is 1. The van der Waals surface area contributed by atoms with Gasteiger partial charge in [-0.2, -0.15) is 0 Å². The number of carbonyl (C=O) groups excluding carboxylic acids is 1. The van der Waals surface area contributed by atoms with Gasteiger partial charge in [0, 0.05) is 18.5 Å². The summed E-state index contributed by atoms with van der Waals surface area (Å²) in [5, 5.41) is 0. The summed E-state index contributed by atoms with van der Waals surface area (Å²) >= 11 is 0. The van der Waals surface area contributed by atoms with E-state index in [1.54, 1.807) is 6.92 Å². The Labute approximate surface area is 72.2 Å². The van der Waals surface area contributed by atoms with Crippen molar-refractivity contribution in [1.82, 2.24) is 9.97 Å². The molecule has 66 valence electrons. The van der Waals surface area contributed by atoms with E-state index >= 15 is 0 Å². The first-order valence-electron chi connectivity index (χ1n) is 4.11. The van der Waals surface area contributed by atoms with Crippen LogP contribution < -0.4 is 0 Å². The fourth-order valence-electron chi connectivity index (χ4n) is 1.03. The molecule has 0 spiro atoms. The third-order valence-electron chi connectivity index (χ3n) is 1.89. The van der Waals surface area contributed by atoms with Crippen LogP contribution in [0.15, 0.2) is 0 Å². The van der Waals surface area contributed by atoms with E-state index in [0.29, 0.717) is 6.42 Å². The van der Waals surface area contributed by atoms with E-state index in [0.717, 1.165) is 23.6 Å². The molecule has 1 aromatic heterocycles. The predicted molar refractivity (Wildman–Crippen MR) is 47.1 cm³/mol. The summed E-state index contributed by atoms with van der Waals surface area (Å²) < 4.78 is 0. The van der Waals surface area contributed by atoms with Crippen LogP contribution in [0.1, 0.15) is 30.6 Å². The Morgan fingerprint density at radius 2 is 2.17 bits per heavy atom. The Bertz CT molecular complexity index is 269. The van der Waals surface area contributed by atoms with Crippen molar-refractivity contribution in [3.05, 3.63) is 17.2 Å². The number of nitrogens with one attached hydrogen (secondary N) is 1. The van der Waals surface area contributed by atoms with Crippen molar-refractivity contribution in [2.45, 2.75) is 33.6 Å². The standard InChI is InChI=1S/C9H14N2O/c1-6(12)4-5-9-10-7(2)8(3)11-9/h4-5H2,1-3H3,(H,10,11). The highest BCUT2D eigenvalue weighted by Gasteiger charge is 2.02. The summed E-state index contributed by atoms with van der Waals surface area (Å²) in [6, 6.07) is 0. The van der Waals surface area contributed by atoms with Crippen molar-refractivity contribution in [2.75, 3.05) is 0 Å². The molecule has 0 saturated heterocycles. The number of aryl methyl sites for hydroxylation is 3. The number of carbonyl (C=O) groups is 1. The van der Waals surface area contributed by atoms with Gasteiger partial charge in [-0.15, -0.1) is 0 Å². The zero-order chi connectivity index (χ0) is 9.14. The fraction of sp³-hybridized carbons (Fsp3) is 0.556. The highest BCUT2D eigenvalue weighted by Crippen LogP contribution is 2.04. The molecule has 0 aliphatic heterocycles. The summed E-state index contributed by atoms with van der Waals surface area (Å²) in [5.74, 6) is 1.13. The van der Waals surface area contributed by atoms with Crippen LogP contribution in [-0.4, -0.2) is 15.8 Å². The van der Waals surface area contributed by atoms with E-state index in [1.165, 1.54) is 0 Å². The molecule has 1 N–H and O–H groups in total. The molecule has 1 heterocycles. The SMILES string of the molecule is CC(=O)CCc1nc(C)c(C)[nH]1. The first kappa shape index (κ1) is 8.97. The van der Waals surface area contributed by atoms with Gasteiger partial charge in [0.25, 0.3) is 0 Å². The molecule has 12 heavy (non-hydrogen) atoms. The summed E-state index contributed by atoms with van der Waals surface area (Å²) in [7, 11) is 0. The number of rotatable bonds is 3. The third kappa shape index (κ3) is 2.19. The second kappa shape index (κ2) is 3.52. The summed E-state index contributed by atoms with van der Waals surface area (Å²) in [4.78, 5) is 18.1. The minimum Gasteiger partial charge on any atom is -0.346 e. The molecule has 3 heteroatoms. The van der Waals surface area contributed by atoms with E-state index in [4.69, 9.17) is 0 Å². The van der Waals surface area contributed by atoms with Gasteiger partial charge < -0.3 is 9.78 Å². The molecule has 0 radical (unpaired) electrons. The topological polar surface area (TPSA) is 45.8 Å². The van der Waals surface area contributed by atoms with Crippen LogP contribution in [0.5, 0.6) is 0 Å². The van der Waals surface area contributed by atoms with Gasteiger partial charge in [0.05, 0.1) is 5.69 Å². The van der Waals surface area contributed by atoms with E-state index in [1.807, 2.05) is 13.8 Å². The largest absolute Gasteiger partial charge is 0.346 e. The minimum atomic E-state index is 0.210. The lowest BCUT2D eigenvalue weighted by Crippen LogP contribution is -1.95. The van der Waals surface area contributed by atoms with Crippen molar-refractivity contribution in [3.8, 4) is 0 Å². The van der Waals surface area contributed by atoms with Crippen LogP contribution in [0.25, 0.3) is 0 Å². The van der Waals surface area contributed by atoms with Crippen LogP contribution >= 0.6 is 0 Å². The first-order chi connectivity index (χ1) is 5.59. The zero-order valence-electron chi connectivity index (χ0n) is 7.77. The molecular formula is C9H14N2O.